The summed E-state index contributed by atoms with van der Waals surface area (Å²) in [5.74, 6) is 2.39. The maximum absolute atomic E-state index is 2.57. The molecule has 0 unspecified atom stereocenters. The Hall–Kier alpha value is -0.280. The van der Waals surface area contributed by atoms with Gasteiger partial charge in [0.05, 0.1) is 0 Å². The number of nitrogens with zero attached hydrogens (tertiary/aromatic N) is 1. The fraction of sp³-hybridized carbons (Fsp3) is 0.571. The molecule has 0 saturated carbocycles. The maximum atomic E-state index is 2.57. The molecule has 1 nitrogen and oxygen atoms in total. The van der Waals surface area contributed by atoms with Crippen molar-refractivity contribution in [1.29, 1.82) is 0 Å². The number of anilines is 1. The van der Waals surface area contributed by atoms with Gasteiger partial charge >= 0.3 is 0 Å². The fourth-order valence-corrected chi connectivity index (χ4v) is 4.23. The Morgan fingerprint density at radius 3 is 1.53 bits per heavy atom. The molecule has 0 saturated heterocycles. The first-order chi connectivity index (χ1) is 7.67. The molecule has 0 atom stereocenters. The standard InChI is InChI=1S/C14H27NS2/c1-16(2,3)12-15(13-17(4,5)6)14-10-8-7-9-11-14/h7-11H,12-13H2,1-6H3. The van der Waals surface area contributed by atoms with Crippen LogP contribution in [0, 0.1) is 0 Å². The first kappa shape index (κ1) is 14.8. The van der Waals surface area contributed by atoms with E-state index in [1.165, 1.54) is 17.4 Å². The summed E-state index contributed by atoms with van der Waals surface area (Å²) in [6, 6.07) is 10.8. The van der Waals surface area contributed by atoms with E-state index >= 15 is 0 Å². The molecule has 3 heteroatoms. The lowest BCUT2D eigenvalue weighted by Gasteiger charge is -2.40. The van der Waals surface area contributed by atoms with Gasteiger partial charge in [0, 0.05) is 17.4 Å². The SMILES string of the molecule is CS(C)(C)CN(CS(C)(C)C)c1ccccc1. The lowest BCUT2D eigenvalue weighted by molar-refractivity contribution is 1.05. The highest BCUT2D eigenvalue weighted by molar-refractivity contribution is 8.33. The fourth-order valence-electron chi connectivity index (χ4n) is 1.76. The lowest BCUT2D eigenvalue weighted by Crippen LogP contribution is -2.30. The highest BCUT2D eigenvalue weighted by atomic mass is 32.3. The lowest BCUT2D eigenvalue weighted by atomic mass is 10.3. The number of para-hydroxylation sites is 1. The molecule has 1 aromatic carbocycles. The van der Waals surface area contributed by atoms with Crippen LogP contribution < -0.4 is 4.90 Å². The van der Waals surface area contributed by atoms with Gasteiger partial charge < -0.3 is 4.90 Å². The van der Waals surface area contributed by atoms with Gasteiger partial charge in [-0.15, -0.1) is 0 Å². The van der Waals surface area contributed by atoms with Crippen LogP contribution in [0.4, 0.5) is 5.69 Å². The van der Waals surface area contributed by atoms with Crippen molar-refractivity contribution in [2.45, 2.75) is 0 Å². The van der Waals surface area contributed by atoms with Gasteiger partial charge in [0.1, 0.15) is 0 Å². The van der Waals surface area contributed by atoms with Gasteiger partial charge in [-0.1, -0.05) is 18.2 Å². The zero-order valence-electron chi connectivity index (χ0n) is 12.1. The van der Waals surface area contributed by atoms with Crippen LogP contribution in [0.15, 0.2) is 30.3 Å². The van der Waals surface area contributed by atoms with Gasteiger partial charge in [0.25, 0.3) is 0 Å². The van der Waals surface area contributed by atoms with Crippen LogP contribution in [-0.2, 0) is 0 Å². The van der Waals surface area contributed by atoms with Crippen molar-refractivity contribution in [3.63, 3.8) is 0 Å². The van der Waals surface area contributed by atoms with Crippen LogP contribution in [0.25, 0.3) is 0 Å². The molecule has 17 heavy (non-hydrogen) atoms. The summed E-state index contributed by atoms with van der Waals surface area (Å²) in [7, 11) is -1.01. The summed E-state index contributed by atoms with van der Waals surface area (Å²) in [6.07, 6.45) is 14.3. The van der Waals surface area contributed by atoms with Gasteiger partial charge in [0.15, 0.2) is 0 Å². The van der Waals surface area contributed by atoms with E-state index < -0.39 is 20.1 Å². The molecule has 0 N–H and O–H groups in total. The number of rotatable bonds is 5. The Balaban J connectivity index is 2.87. The zero-order valence-corrected chi connectivity index (χ0v) is 13.7. The predicted molar refractivity (Wildman–Crippen MR) is 89.4 cm³/mol. The second-order valence-corrected chi connectivity index (χ2v) is 15.2. The summed E-state index contributed by atoms with van der Waals surface area (Å²) in [6.45, 7) is 0. The molecule has 0 amide bonds. The van der Waals surface area contributed by atoms with Crippen molar-refractivity contribution >= 4 is 25.7 Å². The highest BCUT2D eigenvalue weighted by Crippen LogP contribution is 2.42. The van der Waals surface area contributed by atoms with Gasteiger partial charge in [-0.2, -0.15) is 0 Å². The molecular formula is C14H27NS2. The van der Waals surface area contributed by atoms with Crippen LogP contribution in [0.5, 0.6) is 0 Å². The molecule has 0 fully saturated rings. The van der Waals surface area contributed by atoms with Crippen molar-refractivity contribution in [3.8, 4) is 0 Å². The molecule has 1 aromatic rings. The Kier molecular flexibility index (Phi) is 4.85. The van der Waals surface area contributed by atoms with Crippen LogP contribution in [0.3, 0.4) is 0 Å². The molecule has 0 aromatic heterocycles. The Labute approximate surface area is 110 Å². The smallest absolute Gasteiger partial charge is 0.0488 e. The Morgan fingerprint density at radius 2 is 1.18 bits per heavy atom. The largest absolute Gasteiger partial charge is 0.356 e. The Morgan fingerprint density at radius 1 is 0.765 bits per heavy atom. The molecule has 0 aliphatic heterocycles. The minimum atomic E-state index is -0.505. The number of benzene rings is 1. The van der Waals surface area contributed by atoms with E-state index in [0.29, 0.717) is 0 Å². The molecule has 0 heterocycles. The zero-order chi connectivity index (χ0) is 13.1. The number of hydrogen-bond donors (Lipinski definition) is 0. The quantitative estimate of drug-likeness (QED) is 0.789. The first-order valence-corrected chi connectivity index (χ1v) is 11.8. The van der Waals surface area contributed by atoms with Gasteiger partial charge in [0.2, 0.25) is 0 Å². The summed E-state index contributed by atoms with van der Waals surface area (Å²) >= 11 is 0. The molecule has 100 valence electrons. The molecule has 1 rings (SSSR count). The van der Waals surface area contributed by atoms with Crippen molar-refractivity contribution in [2.75, 3.05) is 54.2 Å². The van der Waals surface area contributed by atoms with Crippen molar-refractivity contribution in [1.82, 2.24) is 0 Å². The van der Waals surface area contributed by atoms with Crippen LogP contribution in [0.2, 0.25) is 0 Å². The third-order valence-electron chi connectivity index (χ3n) is 2.21. The summed E-state index contributed by atoms with van der Waals surface area (Å²) in [4.78, 5) is 2.57. The van der Waals surface area contributed by atoms with E-state index in [1.54, 1.807) is 0 Å². The first-order valence-electron chi connectivity index (χ1n) is 5.79. The summed E-state index contributed by atoms with van der Waals surface area (Å²) in [5.41, 5.74) is 1.37. The Bertz CT molecular complexity index is 319. The van der Waals surface area contributed by atoms with Gasteiger partial charge in [-0.25, -0.2) is 20.1 Å². The van der Waals surface area contributed by atoms with Crippen molar-refractivity contribution in [2.24, 2.45) is 0 Å². The predicted octanol–water partition coefficient (Wildman–Crippen LogP) is 3.80. The van der Waals surface area contributed by atoms with Crippen LogP contribution in [0.1, 0.15) is 0 Å². The average Bonchev–Trinajstić information content (AvgIpc) is 2.14. The van der Waals surface area contributed by atoms with Crippen molar-refractivity contribution < 1.29 is 0 Å². The third kappa shape index (κ3) is 6.27. The topological polar surface area (TPSA) is 3.24 Å². The van der Waals surface area contributed by atoms with Gasteiger partial charge in [-0.3, -0.25) is 0 Å². The molecule has 0 bridgehead atoms. The van der Waals surface area contributed by atoms with Crippen LogP contribution in [-0.4, -0.2) is 49.3 Å². The summed E-state index contributed by atoms with van der Waals surface area (Å²) < 4.78 is 0. The maximum Gasteiger partial charge on any atom is 0.0488 e. The van der Waals surface area contributed by atoms with E-state index in [4.69, 9.17) is 0 Å². The second kappa shape index (κ2) is 5.57. The molecule has 0 aliphatic carbocycles. The molecule has 0 radical (unpaired) electrons. The van der Waals surface area contributed by atoms with E-state index in [9.17, 15) is 0 Å². The monoisotopic (exact) mass is 273 g/mol. The number of hydrogen-bond acceptors (Lipinski definition) is 1. The third-order valence-corrected chi connectivity index (χ3v) is 4.38. The van der Waals surface area contributed by atoms with E-state index in [0.717, 1.165) is 0 Å². The van der Waals surface area contributed by atoms with Crippen molar-refractivity contribution in [3.05, 3.63) is 30.3 Å². The molecule has 0 aliphatic rings. The van der Waals surface area contributed by atoms with E-state index in [-0.39, 0.29) is 0 Å². The minimum absolute atomic E-state index is 0.505. The average molecular weight is 274 g/mol. The minimum Gasteiger partial charge on any atom is -0.356 e. The molecule has 0 spiro atoms. The van der Waals surface area contributed by atoms with Crippen LogP contribution >= 0.6 is 20.1 Å². The second-order valence-electron chi connectivity index (χ2n) is 6.32. The normalized spacial score (nSPS) is 14.5. The van der Waals surface area contributed by atoms with E-state index in [1.807, 2.05) is 0 Å². The highest BCUT2D eigenvalue weighted by Gasteiger charge is 2.17. The molecular weight excluding hydrogens is 246 g/mol. The van der Waals surface area contributed by atoms with E-state index in [2.05, 4.69) is 72.8 Å². The van der Waals surface area contributed by atoms with Gasteiger partial charge in [-0.05, 0) is 49.7 Å². The summed E-state index contributed by atoms with van der Waals surface area (Å²) in [5, 5.41) is 0.